The minimum absolute atomic E-state index is 0.562. The first-order valence-electron chi connectivity index (χ1n) is 7.11. The molecule has 102 valence electrons. The van der Waals surface area contributed by atoms with Gasteiger partial charge in [-0.2, -0.15) is 5.26 Å². The summed E-state index contributed by atoms with van der Waals surface area (Å²) in [4.78, 5) is 6.76. The van der Waals surface area contributed by atoms with Crippen LogP contribution in [0.5, 0.6) is 0 Å². The molecule has 1 atom stereocenters. The van der Waals surface area contributed by atoms with Crippen LogP contribution in [-0.4, -0.2) is 36.1 Å². The molecule has 4 heteroatoms. The van der Waals surface area contributed by atoms with Crippen LogP contribution in [0.1, 0.15) is 31.7 Å². The summed E-state index contributed by atoms with van der Waals surface area (Å²) < 4.78 is 0. The lowest BCUT2D eigenvalue weighted by Crippen LogP contribution is -2.35. The molecule has 1 unspecified atom stereocenters. The molecule has 4 nitrogen and oxygen atoms in total. The van der Waals surface area contributed by atoms with E-state index in [4.69, 9.17) is 5.26 Å². The van der Waals surface area contributed by atoms with E-state index >= 15 is 0 Å². The molecule has 1 fully saturated rings. The molecule has 2 heterocycles. The Morgan fingerprint density at radius 3 is 2.95 bits per heavy atom. The van der Waals surface area contributed by atoms with E-state index in [-0.39, 0.29) is 0 Å². The van der Waals surface area contributed by atoms with E-state index in [2.05, 4.69) is 28.2 Å². The molecule has 19 heavy (non-hydrogen) atoms. The van der Waals surface area contributed by atoms with Gasteiger partial charge in [0.1, 0.15) is 11.9 Å². The van der Waals surface area contributed by atoms with Gasteiger partial charge in [-0.1, -0.05) is 13.3 Å². The van der Waals surface area contributed by atoms with Crippen LogP contribution < -0.4 is 5.32 Å². The van der Waals surface area contributed by atoms with Crippen LogP contribution in [-0.2, 0) is 0 Å². The number of likely N-dealkylation sites (tertiary alicyclic amines) is 1. The molecule has 1 aliphatic rings. The molecule has 0 aromatic carbocycles. The highest BCUT2D eigenvalue weighted by Crippen LogP contribution is 2.13. The van der Waals surface area contributed by atoms with Crippen LogP contribution in [0.15, 0.2) is 18.3 Å². The largest absolute Gasteiger partial charge is 0.369 e. The maximum Gasteiger partial charge on any atom is 0.143 e. The summed E-state index contributed by atoms with van der Waals surface area (Å²) >= 11 is 0. The fraction of sp³-hybridized carbons (Fsp3) is 0.600. The van der Waals surface area contributed by atoms with E-state index in [9.17, 15) is 0 Å². The van der Waals surface area contributed by atoms with E-state index in [0.717, 1.165) is 13.1 Å². The summed E-state index contributed by atoms with van der Waals surface area (Å²) in [6, 6.07) is 5.75. The molecule has 1 aliphatic heterocycles. The average Bonchev–Trinajstić information content (AvgIpc) is 2.46. The van der Waals surface area contributed by atoms with Crippen molar-refractivity contribution in [2.45, 2.75) is 26.2 Å². The highest BCUT2D eigenvalue weighted by Gasteiger charge is 2.13. The predicted octanol–water partition coefficient (Wildman–Crippen LogP) is 2.49. The van der Waals surface area contributed by atoms with Crippen LogP contribution in [0.25, 0.3) is 0 Å². The molecule has 1 aromatic heterocycles. The number of piperidine rings is 1. The summed E-state index contributed by atoms with van der Waals surface area (Å²) in [7, 11) is 0. The summed E-state index contributed by atoms with van der Waals surface area (Å²) in [5, 5.41) is 12.3. The van der Waals surface area contributed by atoms with Crippen molar-refractivity contribution in [1.82, 2.24) is 9.88 Å². The van der Waals surface area contributed by atoms with Crippen molar-refractivity contribution < 1.29 is 0 Å². The third kappa shape index (κ3) is 4.22. The van der Waals surface area contributed by atoms with Gasteiger partial charge in [0.2, 0.25) is 0 Å². The Kier molecular flexibility index (Phi) is 5.17. The topological polar surface area (TPSA) is 52.0 Å². The number of hydrogen-bond donors (Lipinski definition) is 1. The molecular weight excluding hydrogens is 236 g/mol. The summed E-state index contributed by atoms with van der Waals surface area (Å²) in [6.07, 6.45) is 5.76. The Bertz CT molecular complexity index is 432. The Balaban J connectivity index is 1.79. The van der Waals surface area contributed by atoms with Crippen molar-refractivity contribution in [3.05, 3.63) is 23.9 Å². The van der Waals surface area contributed by atoms with Crippen molar-refractivity contribution in [2.75, 3.05) is 31.5 Å². The zero-order valence-electron chi connectivity index (χ0n) is 11.6. The highest BCUT2D eigenvalue weighted by molar-refractivity contribution is 5.51. The number of hydrogen-bond acceptors (Lipinski definition) is 4. The van der Waals surface area contributed by atoms with Gasteiger partial charge in [-0.25, -0.2) is 4.98 Å². The Hall–Kier alpha value is -1.60. The van der Waals surface area contributed by atoms with Crippen LogP contribution in [0.4, 0.5) is 5.82 Å². The van der Waals surface area contributed by atoms with Gasteiger partial charge in [0, 0.05) is 19.3 Å². The average molecular weight is 258 g/mol. The fourth-order valence-electron chi connectivity index (χ4n) is 2.55. The first kappa shape index (κ1) is 13.8. The predicted molar refractivity (Wildman–Crippen MR) is 76.9 cm³/mol. The number of nitrogens with one attached hydrogen (secondary N) is 1. The van der Waals surface area contributed by atoms with Crippen LogP contribution in [0.3, 0.4) is 0 Å². The molecule has 0 aliphatic carbocycles. The number of rotatable bonds is 5. The SMILES string of the molecule is CC(CNc1ncccc1C#N)CN1CCCCC1. The maximum absolute atomic E-state index is 9.01. The maximum atomic E-state index is 9.01. The lowest BCUT2D eigenvalue weighted by atomic mass is 10.1. The number of nitrogens with zero attached hydrogens (tertiary/aromatic N) is 3. The van der Waals surface area contributed by atoms with Crippen molar-refractivity contribution in [1.29, 1.82) is 5.26 Å². The summed E-state index contributed by atoms with van der Waals surface area (Å²) in [5.41, 5.74) is 0.618. The van der Waals surface area contributed by atoms with Crippen LogP contribution in [0.2, 0.25) is 0 Å². The van der Waals surface area contributed by atoms with Crippen LogP contribution in [0, 0.1) is 17.2 Å². The molecule has 1 saturated heterocycles. The highest BCUT2D eigenvalue weighted by atomic mass is 15.1. The van der Waals surface area contributed by atoms with Crippen molar-refractivity contribution in [3.63, 3.8) is 0 Å². The number of pyridine rings is 1. The molecular formula is C15H22N4. The molecule has 0 radical (unpaired) electrons. The third-order valence-electron chi connectivity index (χ3n) is 3.56. The number of anilines is 1. The van der Waals surface area contributed by atoms with Gasteiger partial charge in [0.15, 0.2) is 0 Å². The third-order valence-corrected chi connectivity index (χ3v) is 3.56. The quantitative estimate of drug-likeness (QED) is 0.881. The van der Waals surface area contributed by atoms with Gasteiger partial charge in [-0.3, -0.25) is 0 Å². The van der Waals surface area contributed by atoms with E-state index < -0.39 is 0 Å². The lowest BCUT2D eigenvalue weighted by molar-refractivity contribution is 0.204. The van der Waals surface area contributed by atoms with Gasteiger partial charge < -0.3 is 10.2 Å². The van der Waals surface area contributed by atoms with Crippen molar-refractivity contribution >= 4 is 5.82 Å². The minimum Gasteiger partial charge on any atom is -0.369 e. The smallest absolute Gasteiger partial charge is 0.143 e. The van der Waals surface area contributed by atoms with Gasteiger partial charge in [-0.05, 0) is 44.0 Å². The molecule has 1 N–H and O–H groups in total. The van der Waals surface area contributed by atoms with Gasteiger partial charge in [0.25, 0.3) is 0 Å². The van der Waals surface area contributed by atoms with E-state index in [1.165, 1.54) is 32.4 Å². The second-order valence-corrected chi connectivity index (χ2v) is 5.36. The standard InChI is InChI=1S/C15H22N4/c1-13(12-19-8-3-2-4-9-19)11-18-15-14(10-16)6-5-7-17-15/h5-7,13H,2-4,8-9,11-12H2,1H3,(H,17,18). The second kappa shape index (κ2) is 7.10. The van der Waals surface area contributed by atoms with E-state index in [0.29, 0.717) is 17.3 Å². The van der Waals surface area contributed by atoms with Crippen molar-refractivity contribution in [3.8, 4) is 6.07 Å². The van der Waals surface area contributed by atoms with Gasteiger partial charge in [0.05, 0.1) is 5.56 Å². The van der Waals surface area contributed by atoms with Gasteiger partial charge in [-0.15, -0.1) is 0 Å². The first-order chi connectivity index (χ1) is 9.29. The van der Waals surface area contributed by atoms with Crippen LogP contribution >= 0.6 is 0 Å². The van der Waals surface area contributed by atoms with E-state index in [1.807, 2.05) is 0 Å². The molecule has 1 aromatic rings. The Labute approximate surface area is 115 Å². The zero-order chi connectivity index (χ0) is 13.5. The summed E-state index contributed by atoms with van der Waals surface area (Å²) in [5.74, 6) is 1.27. The minimum atomic E-state index is 0.562. The number of aromatic nitrogens is 1. The molecule has 0 amide bonds. The molecule has 0 spiro atoms. The van der Waals surface area contributed by atoms with Gasteiger partial charge >= 0.3 is 0 Å². The molecule has 0 saturated carbocycles. The normalized spacial score (nSPS) is 17.7. The van der Waals surface area contributed by atoms with Crippen molar-refractivity contribution in [2.24, 2.45) is 5.92 Å². The number of nitriles is 1. The second-order valence-electron chi connectivity index (χ2n) is 5.36. The summed E-state index contributed by atoms with van der Waals surface area (Å²) in [6.45, 7) is 6.70. The monoisotopic (exact) mass is 258 g/mol. The van der Waals surface area contributed by atoms with E-state index in [1.54, 1.807) is 18.3 Å². The fourth-order valence-corrected chi connectivity index (χ4v) is 2.55. The molecule has 0 bridgehead atoms. The first-order valence-corrected chi connectivity index (χ1v) is 7.11. The zero-order valence-corrected chi connectivity index (χ0v) is 11.6. The Morgan fingerprint density at radius 1 is 1.42 bits per heavy atom. The lowest BCUT2D eigenvalue weighted by Gasteiger charge is -2.29. The molecule has 2 rings (SSSR count). The Morgan fingerprint density at radius 2 is 2.21 bits per heavy atom.